The van der Waals surface area contributed by atoms with E-state index < -0.39 is 0 Å². The summed E-state index contributed by atoms with van der Waals surface area (Å²) in [6.07, 6.45) is 0. The van der Waals surface area contributed by atoms with Crippen LogP contribution in [0.3, 0.4) is 0 Å². The van der Waals surface area contributed by atoms with Crippen LogP contribution >= 0.6 is 11.6 Å². The van der Waals surface area contributed by atoms with E-state index in [1.54, 1.807) is 41.0 Å². The molecule has 1 heterocycles. The molecule has 0 saturated heterocycles. The fourth-order valence-electron chi connectivity index (χ4n) is 3.93. The Morgan fingerprint density at radius 2 is 1.68 bits per heavy atom. The van der Waals surface area contributed by atoms with Crippen LogP contribution in [-0.4, -0.2) is 46.7 Å². The zero-order valence-corrected chi connectivity index (χ0v) is 21.8. The second-order valence-corrected chi connectivity index (χ2v) is 9.46. The number of nitrogens with zero attached hydrogens (tertiary/aromatic N) is 3. The maximum Gasteiger partial charge on any atom is 0.254 e. The van der Waals surface area contributed by atoms with Crippen LogP contribution in [0, 0.1) is 5.92 Å². The number of ether oxygens (including phenoxy) is 1. The van der Waals surface area contributed by atoms with Crippen LogP contribution in [-0.2, 0) is 4.79 Å². The molecular weight excluding hydrogens is 488 g/mol. The van der Waals surface area contributed by atoms with Gasteiger partial charge in [0.25, 0.3) is 5.91 Å². The molecule has 0 saturated carbocycles. The van der Waals surface area contributed by atoms with Gasteiger partial charge in [-0.15, -0.1) is 0 Å². The lowest BCUT2D eigenvalue weighted by molar-refractivity contribution is -0.117. The van der Waals surface area contributed by atoms with E-state index in [9.17, 15) is 9.59 Å². The maximum atomic E-state index is 13.2. The predicted octanol–water partition coefficient (Wildman–Crippen LogP) is 5.94. The standard InChI is InChI=1S/C29H29ClN4O3/c1-20(2)18-33(29(36)22-9-11-23(30)12-10-22)19-28(35)31-27-17-26(21-7-5-4-6-8-21)32-34(27)24-13-15-25(37-3)16-14-24/h4-17,20H,18-19H2,1-3H3,(H,31,35). The van der Waals surface area contributed by atoms with Crippen LogP contribution in [0.5, 0.6) is 5.75 Å². The number of anilines is 1. The quantitative estimate of drug-likeness (QED) is 0.299. The first-order chi connectivity index (χ1) is 17.8. The van der Waals surface area contributed by atoms with Gasteiger partial charge in [-0.05, 0) is 54.4 Å². The SMILES string of the molecule is COc1ccc(-n2nc(-c3ccccc3)cc2NC(=O)CN(CC(C)C)C(=O)c2ccc(Cl)cc2)cc1. The van der Waals surface area contributed by atoms with Crippen molar-refractivity contribution in [2.45, 2.75) is 13.8 Å². The first kappa shape index (κ1) is 26.0. The first-order valence-electron chi connectivity index (χ1n) is 12.0. The number of hydrogen-bond acceptors (Lipinski definition) is 4. The number of hydrogen-bond donors (Lipinski definition) is 1. The van der Waals surface area contributed by atoms with Crippen LogP contribution in [0.25, 0.3) is 16.9 Å². The minimum absolute atomic E-state index is 0.103. The molecule has 2 amide bonds. The largest absolute Gasteiger partial charge is 0.497 e. The van der Waals surface area contributed by atoms with Gasteiger partial charge in [-0.2, -0.15) is 5.10 Å². The number of amides is 2. The summed E-state index contributed by atoms with van der Waals surface area (Å²) in [6.45, 7) is 4.34. The highest BCUT2D eigenvalue weighted by atomic mass is 35.5. The molecule has 0 bridgehead atoms. The number of nitrogens with one attached hydrogen (secondary N) is 1. The number of carbonyl (C=O) groups excluding carboxylic acids is 2. The Morgan fingerprint density at radius 1 is 1.00 bits per heavy atom. The van der Waals surface area contributed by atoms with E-state index in [0.29, 0.717) is 28.6 Å². The molecule has 0 aliphatic carbocycles. The molecular formula is C29H29ClN4O3. The highest BCUT2D eigenvalue weighted by Gasteiger charge is 2.21. The van der Waals surface area contributed by atoms with Crippen molar-refractivity contribution < 1.29 is 14.3 Å². The molecule has 4 rings (SSSR count). The predicted molar refractivity (Wildman–Crippen MR) is 146 cm³/mol. The van der Waals surface area contributed by atoms with E-state index in [-0.39, 0.29) is 24.3 Å². The summed E-state index contributed by atoms with van der Waals surface area (Å²) < 4.78 is 6.95. The molecule has 7 nitrogen and oxygen atoms in total. The van der Waals surface area contributed by atoms with Gasteiger partial charge in [0.1, 0.15) is 18.1 Å². The summed E-state index contributed by atoms with van der Waals surface area (Å²) in [7, 11) is 1.61. The summed E-state index contributed by atoms with van der Waals surface area (Å²) in [6, 6.07) is 25.6. The molecule has 0 atom stereocenters. The zero-order chi connectivity index (χ0) is 26.4. The summed E-state index contributed by atoms with van der Waals surface area (Å²) in [5.41, 5.74) is 2.87. The highest BCUT2D eigenvalue weighted by molar-refractivity contribution is 6.30. The lowest BCUT2D eigenvalue weighted by Crippen LogP contribution is -2.40. The van der Waals surface area contributed by atoms with Gasteiger partial charge in [0.15, 0.2) is 0 Å². The molecule has 37 heavy (non-hydrogen) atoms. The van der Waals surface area contributed by atoms with E-state index in [1.165, 1.54) is 0 Å². The van der Waals surface area contributed by atoms with Crippen molar-refractivity contribution in [1.82, 2.24) is 14.7 Å². The van der Waals surface area contributed by atoms with Gasteiger partial charge in [0, 0.05) is 28.8 Å². The smallest absolute Gasteiger partial charge is 0.254 e. The number of benzene rings is 3. The Bertz CT molecular complexity index is 1350. The molecule has 0 aliphatic heterocycles. The monoisotopic (exact) mass is 516 g/mol. The number of rotatable bonds is 9. The third-order valence-electron chi connectivity index (χ3n) is 5.66. The lowest BCUT2D eigenvalue weighted by Gasteiger charge is -2.24. The normalized spacial score (nSPS) is 10.8. The Hall–Kier alpha value is -4.10. The third-order valence-corrected chi connectivity index (χ3v) is 5.91. The van der Waals surface area contributed by atoms with Gasteiger partial charge >= 0.3 is 0 Å². The molecule has 1 N–H and O–H groups in total. The second-order valence-electron chi connectivity index (χ2n) is 9.03. The number of halogens is 1. The molecule has 0 unspecified atom stereocenters. The molecule has 0 radical (unpaired) electrons. The first-order valence-corrected chi connectivity index (χ1v) is 12.4. The summed E-state index contributed by atoms with van der Waals surface area (Å²) in [5.74, 6) is 0.845. The second kappa shape index (κ2) is 11.8. The van der Waals surface area contributed by atoms with Gasteiger partial charge in [-0.25, -0.2) is 4.68 Å². The molecule has 190 valence electrons. The Balaban J connectivity index is 1.61. The van der Waals surface area contributed by atoms with Gasteiger partial charge < -0.3 is 15.0 Å². The average molecular weight is 517 g/mol. The van der Waals surface area contributed by atoms with Gasteiger partial charge in [0.2, 0.25) is 5.91 Å². The van der Waals surface area contributed by atoms with Crippen LogP contribution in [0.2, 0.25) is 5.02 Å². The van der Waals surface area contributed by atoms with Crippen molar-refractivity contribution in [3.63, 3.8) is 0 Å². The Morgan fingerprint density at radius 3 is 2.30 bits per heavy atom. The maximum absolute atomic E-state index is 13.2. The van der Waals surface area contributed by atoms with Crippen LogP contribution in [0.15, 0.2) is 84.9 Å². The molecule has 0 fully saturated rings. The summed E-state index contributed by atoms with van der Waals surface area (Å²) in [5, 5.41) is 8.25. The van der Waals surface area contributed by atoms with Gasteiger partial charge in [-0.3, -0.25) is 9.59 Å². The Labute approximate surface area is 221 Å². The van der Waals surface area contributed by atoms with Crippen molar-refractivity contribution >= 4 is 29.2 Å². The molecule has 3 aromatic carbocycles. The van der Waals surface area contributed by atoms with E-state index in [0.717, 1.165) is 17.0 Å². The molecule has 4 aromatic rings. The minimum Gasteiger partial charge on any atom is -0.497 e. The molecule has 8 heteroatoms. The van der Waals surface area contributed by atoms with E-state index >= 15 is 0 Å². The number of methoxy groups -OCH3 is 1. The molecule has 0 aliphatic rings. The van der Waals surface area contributed by atoms with Crippen LogP contribution in [0.1, 0.15) is 24.2 Å². The third kappa shape index (κ3) is 6.57. The zero-order valence-electron chi connectivity index (χ0n) is 21.0. The molecule has 0 spiro atoms. The minimum atomic E-state index is -0.322. The summed E-state index contributed by atoms with van der Waals surface area (Å²) in [4.78, 5) is 28.0. The number of carbonyl (C=O) groups is 2. The van der Waals surface area contributed by atoms with Gasteiger partial charge in [-0.1, -0.05) is 55.8 Å². The van der Waals surface area contributed by atoms with Crippen molar-refractivity contribution in [1.29, 1.82) is 0 Å². The van der Waals surface area contributed by atoms with Crippen LogP contribution < -0.4 is 10.1 Å². The Kier molecular flexibility index (Phi) is 8.25. The number of aromatic nitrogens is 2. The van der Waals surface area contributed by atoms with E-state index in [2.05, 4.69) is 5.32 Å². The van der Waals surface area contributed by atoms with E-state index in [1.807, 2.05) is 74.5 Å². The van der Waals surface area contributed by atoms with E-state index in [4.69, 9.17) is 21.4 Å². The fraction of sp³-hybridized carbons (Fsp3) is 0.207. The van der Waals surface area contributed by atoms with Crippen molar-refractivity contribution in [2.24, 2.45) is 5.92 Å². The van der Waals surface area contributed by atoms with Crippen molar-refractivity contribution in [3.8, 4) is 22.7 Å². The fourth-order valence-corrected chi connectivity index (χ4v) is 4.06. The van der Waals surface area contributed by atoms with Crippen molar-refractivity contribution in [2.75, 3.05) is 25.5 Å². The average Bonchev–Trinajstić information content (AvgIpc) is 3.32. The van der Waals surface area contributed by atoms with Crippen LogP contribution in [0.4, 0.5) is 5.82 Å². The van der Waals surface area contributed by atoms with Gasteiger partial charge in [0.05, 0.1) is 18.5 Å². The summed E-state index contributed by atoms with van der Waals surface area (Å²) >= 11 is 5.98. The molecule has 1 aromatic heterocycles. The highest BCUT2D eigenvalue weighted by Crippen LogP contribution is 2.26. The lowest BCUT2D eigenvalue weighted by atomic mass is 10.1. The van der Waals surface area contributed by atoms with Crippen molar-refractivity contribution in [3.05, 3.63) is 95.5 Å². The topological polar surface area (TPSA) is 76.5 Å².